The van der Waals surface area contributed by atoms with Crippen molar-refractivity contribution in [2.24, 2.45) is 5.14 Å². The lowest BCUT2D eigenvalue weighted by atomic mass is 10.2. The SMILES string of the molecule is COC(=O)C#Cc1ccccc1N(C(=O)Nc1nc(C)nc(OC)n1)S(N)(=O)=O. The summed E-state index contributed by atoms with van der Waals surface area (Å²) in [5.74, 6) is 3.70. The van der Waals surface area contributed by atoms with E-state index in [0.717, 1.165) is 7.11 Å². The third-order valence-electron chi connectivity index (χ3n) is 3.17. The van der Waals surface area contributed by atoms with E-state index in [1.165, 1.54) is 38.3 Å². The number of carbonyl (C=O) groups is 2. The topological polar surface area (TPSA) is 167 Å². The van der Waals surface area contributed by atoms with Crippen LogP contribution in [0.1, 0.15) is 11.4 Å². The number of para-hydroxylation sites is 1. The van der Waals surface area contributed by atoms with Crippen molar-refractivity contribution in [3.05, 3.63) is 35.7 Å². The summed E-state index contributed by atoms with van der Waals surface area (Å²) in [6.45, 7) is 1.52. The summed E-state index contributed by atoms with van der Waals surface area (Å²) < 4.78 is 33.8. The van der Waals surface area contributed by atoms with E-state index < -0.39 is 22.2 Å². The Bertz CT molecular complexity index is 1110. The predicted molar refractivity (Wildman–Crippen MR) is 101 cm³/mol. The molecule has 152 valence electrons. The number of amides is 2. The molecule has 12 nitrogen and oxygen atoms in total. The minimum Gasteiger partial charge on any atom is -0.467 e. The van der Waals surface area contributed by atoms with Gasteiger partial charge in [-0.2, -0.15) is 27.7 Å². The lowest BCUT2D eigenvalue weighted by Crippen LogP contribution is -2.44. The number of nitrogens with one attached hydrogen (secondary N) is 1. The van der Waals surface area contributed by atoms with Gasteiger partial charge in [0.2, 0.25) is 5.95 Å². The van der Waals surface area contributed by atoms with Crippen molar-refractivity contribution >= 4 is 33.8 Å². The first-order valence-corrected chi connectivity index (χ1v) is 9.25. The van der Waals surface area contributed by atoms with Gasteiger partial charge in [0.05, 0.1) is 25.5 Å². The molecule has 0 saturated carbocycles. The molecule has 2 rings (SSSR count). The van der Waals surface area contributed by atoms with Gasteiger partial charge in [0.1, 0.15) is 5.82 Å². The number of benzene rings is 1. The van der Waals surface area contributed by atoms with Crippen LogP contribution in [0.5, 0.6) is 6.01 Å². The maximum absolute atomic E-state index is 12.7. The number of esters is 1. The van der Waals surface area contributed by atoms with Crippen LogP contribution in [0.4, 0.5) is 16.4 Å². The van der Waals surface area contributed by atoms with Crippen LogP contribution in [-0.2, 0) is 19.7 Å². The van der Waals surface area contributed by atoms with Gasteiger partial charge in [-0.05, 0) is 19.1 Å². The predicted octanol–water partition coefficient (Wildman–Crippen LogP) is -0.0449. The van der Waals surface area contributed by atoms with Gasteiger partial charge in [0, 0.05) is 5.92 Å². The molecule has 0 bridgehead atoms. The lowest BCUT2D eigenvalue weighted by molar-refractivity contribution is -0.133. The Hall–Kier alpha value is -3.76. The monoisotopic (exact) mass is 420 g/mol. The second kappa shape index (κ2) is 8.95. The molecular formula is C16H16N6O6S. The fraction of sp³-hybridized carbons (Fsp3) is 0.188. The standard InChI is InChI=1S/C16H16N6O6S/c1-10-18-14(20-15(19-10)28-3)21-16(24)22(29(17,25)26)12-7-5-4-6-11(12)8-9-13(23)27-2/h4-7H,1-3H3,(H2,17,25,26)(H,18,19,20,21,24). The molecule has 2 amide bonds. The molecule has 0 radical (unpaired) electrons. The molecule has 0 aliphatic rings. The fourth-order valence-electron chi connectivity index (χ4n) is 2.04. The van der Waals surface area contributed by atoms with Gasteiger partial charge in [0.25, 0.3) is 0 Å². The molecule has 0 aliphatic carbocycles. The molecule has 1 aromatic carbocycles. The average molecular weight is 420 g/mol. The molecule has 0 aliphatic heterocycles. The van der Waals surface area contributed by atoms with Crippen LogP contribution in [-0.4, -0.2) is 49.6 Å². The Morgan fingerprint density at radius 1 is 1.17 bits per heavy atom. The number of aryl methyl sites for hydroxylation is 1. The Morgan fingerprint density at radius 3 is 2.48 bits per heavy atom. The zero-order chi connectivity index (χ0) is 21.6. The maximum Gasteiger partial charge on any atom is 0.384 e. The van der Waals surface area contributed by atoms with Crippen molar-refractivity contribution in [1.29, 1.82) is 0 Å². The molecule has 0 saturated heterocycles. The summed E-state index contributed by atoms with van der Waals surface area (Å²) in [6.07, 6.45) is 0. The molecule has 0 spiro atoms. The number of rotatable bonds is 4. The summed E-state index contributed by atoms with van der Waals surface area (Å²) in [5.41, 5.74) is -0.159. The Morgan fingerprint density at radius 2 is 1.86 bits per heavy atom. The van der Waals surface area contributed by atoms with Gasteiger partial charge < -0.3 is 9.47 Å². The largest absolute Gasteiger partial charge is 0.467 e. The molecule has 0 atom stereocenters. The highest BCUT2D eigenvalue weighted by Gasteiger charge is 2.29. The Labute approximate surface area is 166 Å². The molecule has 0 unspecified atom stereocenters. The van der Waals surface area contributed by atoms with Crippen molar-refractivity contribution in [1.82, 2.24) is 15.0 Å². The number of aromatic nitrogens is 3. The number of methoxy groups -OCH3 is 2. The van der Waals surface area contributed by atoms with Gasteiger partial charge in [0.15, 0.2) is 0 Å². The van der Waals surface area contributed by atoms with Gasteiger partial charge in [-0.1, -0.05) is 18.1 Å². The highest BCUT2D eigenvalue weighted by Crippen LogP contribution is 2.22. The van der Waals surface area contributed by atoms with Gasteiger partial charge in [-0.25, -0.2) is 14.7 Å². The van der Waals surface area contributed by atoms with Crippen LogP contribution in [0.3, 0.4) is 0 Å². The average Bonchev–Trinajstić information content (AvgIpc) is 2.65. The minimum atomic E-state index is -4.59. The van der Waals surface area contributed by atoms with Crippen molar-refractivity contribution in [2.75, 3.05) is 23.8 Å². The molecular weight excluding hydrogens is 404 g/mol. The Kier molecular flexibility index (Phi) is 6.65. The second-order valence-corrected chi connectivity index (χ2v) is 6.59. The van der Waals surface area contributed by atoms with E-state index in [0.29, 0.717) is 0 Å². The third kappa shape index (κ3) is 5.61. The molecule has 1 heterocycles. The lowest BCUT2D eigenvalue weighted by Gasteiger charge is -2.21. The third-order valence-corrected chi connectivity index (χ3v) is 4.05. The molecule has 29 heavy (non-hydrogen) atoms. The van der Waals surface area contributed by atoms with Crippen LogP contribution in [0.15, 0.2) is 24.3 Å². The highest BCUT2D eigenvalue weighted by atomic mass is 32.2. The van der Waals surface area contributed by atoms with E-state index in [1.54, 1.807) is 0 Å². The Balaban J connectivity index is 2.49. The number of carbonyl (C=O) groups excluding carboxylic acids is 2. The summed E-state index contributed by atoms with van der Waals surface area (Å²) in [7, 11) is -2.15. The number of hydrogen-bond acceptors (Lipinski definition) is 9. The van der Waals surface area contributed by atoms with E-state index in [9.17, 15) is 18.0 Å². The summed E-state index contributed by atoms with van der Waals surface area (Å²) in [5, 5.41) is 7.43. The van der Waals surface area contributed by atoms with Crippen molar-refractivity contribution < 1.29 is 27.5 Å². The van der Waals surface area contributed by atoms with Crippen molar-refractivity contribution in [3.63, 3.8) is 0 Å². The molecule has 13 heteroatoms. The van der Waals surface area contributed by atoms with E-state index >= 15 is 0 Å². The van der Waals surface area contributed by atoms with Gasteiger partial charge >= 0.3 is 28.2 Å². The van der Waals surface area contributed by atoms with Crippen LogP contribution >= 0.6 is 0 Å². The molecule has 2 aromatic rings. The van der Waals surface area contributed by atoms with E-state index in [1.807, 2.05) is 0 Å². The maximum atomic E-state index is 12.7. The smallest absolute Gasteiger partial charge is 0.384 e. The molecule has 1 aromatic heterocycles. The number of ether oxygens (including phenoxy) is 2. The van der Waals surface area contributed by atoms with Gasteiger partial charge in [-0.15, -0.1) is 0 Å². The normalized spacial score (nSPS) is 10.3. The van der Waals surface area contributed by atoms with E-state index in [4.69, 9.17) is 9.88 Å². The number of nitrogens with zero attached hydrogens (tertiary/aromatic N) is 4. The van der Waals surface area contributed by atoms with Crippen LogP contribution in [0.2, 0.25) is 0 Å². The zero-order valence-electron chi connectivity index (χ0n) is 15.5. The number of anilines is 2. The number of hydrogen-bond donors (Lipinski definition) is 2. The fourth-order valence-corrected chi connectivity index (χ4v) is 2.75. The van der Waals surface area contributed by atoms with Crippen molar-refractivity contribution in [2.45, 2.75) is 6.92 Å². The summed E-state index contributed by atoms with van der Waals surface area (Å²) >= 11 is 0. The highest BCUT2D eigenvalue weighted by molar-refractivity contribution is 7.91. The first kappa shape index (κ1) is 21.5. The minimum absolute atomic E-state index is 0.0338. The van der Waals surface area contributed by atoms with Crippen LogP contribution < -0.4 is 19.5 Å². The number of nitrogens with two attached hydrogens (primary N) is 1. The van der Waals surface area contributed by atoms with Crippen LogP contribution in [0.25, 0.3) is 0 Å². The molecule has 3 N–H and O–H groups in total. The molecule has 0 fully saturated rings. The van der Waals surface area contributed by atoms with Crippen LogP contribution in [0, 0.1) is 18.8 Å². The second-order valence-electron chi connectivity index (χ2n) is 5.19. The zero-order valence-corrected chi connectivity index (χ0v) is 16.3. The van der Waals surface area contributed by atoms with E-state index in [-0.39, 0.29) is 33.3 Å². The summed E-state index contributed by atoms with van der Waals surface area (Å²) in [4.78, 5) is 35.5. The number of urea groups is 1. The quantitative estimate of drug-likeness (QED) is 0.509. The first-order valence-electron chi connectivity index (χ1n) is 7.75. The first-order chi connectivity index (χ1) is 13.7. The van der Waals surface area contributed by atoms with E-state index in [2.05, 4.69) is 36.8 Å². The van der Waals surface area contributed by atoms with Gasteiger partial charge in [-0.3, -0.25) is 5.32 Å². The summed E-state index contributed by atoms with van der Waals surface area (Å²) in [6, 6.07) is 4.40. The van der Waals surface area contributed by atoms with Crippen molar-refractivity contribution in [3.8, 4) is 17.9 Å².